The fraction of sp³-hybridized carbons (Fsp3) is 0.421. The minimum Gasteiger partial charge on any atom is -0.534 e. The lowest BCUT2D eigenvalue weighted by molar-refractivity contribution is -0.132. The van der Waals surface area contributed by atoms with E-state index in [1.807, 2.05) is 32.9 Å². The molecule has 1 unspecified atom stereocenters. The van der Waals surface area contributed by atoms with E-state index in [1.54, 1.807) is 11.0 Å². The van der Waals surface area contributed by atoms with E-state index in [-0.39, 0.29) is 17.0 Å². The van der Waals surface area contributed by atoms with Gasteiger partial charge in [0.2, 0.25) is 5.91 Å². The Kier molecular flexibility index (Phi) is 9.05. The molecule has 1 fully saturated rings. The first-order chi connectivity index (χ1) is 21.3. The normalized spacial score (nSPS) is 20.0. The van der Waals surface area contributed by atoms with Crippen LogP contribution in [0.1, 0.15) is 84.4 Å². The molecule has 3 aromatic rings. The van der Waals surface area contributed by atoms with Crippen LogP contribution in [0, 0.1) is 0 Å². The number of nitrogens with one attached hydrogen (secondary N) is 1. The lowest BCUT2D eigenvalue weighted by atomic mass is 9.90. The lowest BCUT2D eigenvalue weighted by Gasteiger charge is -2.43. The summed E-state index contributed by atoms with van der Waals surface area (Å²) in [7, 11) is -2.82. The van der Waals surface area contributed by atoms with Gasteiger partial charge in [0.1, 0.15) is 16.9 Å². The molecule has 0 aromatic heterocycles. The first-order valence-electron chi connectivity index (χ1n) is 16.2. The third-order valence-electron chi connectivity index (χ3n) is 9.20. The van der Waals surface area contributed by atoms with Crippen LogP contribution in [-0.2, 0) is 16.0 Å². The Morgan fingerprint density at radius 2 is 1.60 bits per heavy atom. The summed E-state index contributed by atoms with van der Waals surface area (Å²) in [4.78, 5) is 29.1. The van der Waals surface area contributed by atoms with Gasteiger partial charge in [-0.1, -0.05) is 93.6 Å². The van der Waals surface area contributed by atoms with Crippen molar-refractivity contribution >= 4 is 30.7 Å². The molecule has 2 aliphatic rings. The molecule has 2 amide bonds. The average molecular weight is 625 g/mol. The van der Waals surface area contributed by atoms with Gasteiger partial charge in [-0.2, -0.15) is 0 Å². The van der Waals surface area contributed by atoms with Crippen molar-refractivity contribution in [1.29, 1.82) is 0 Å². The average Bonchev–Trinajstić information content (AvgIpc) is 3.60. The van der Waals surface area contributed by atoms with Crippen molar-refractivity contribution in [2.75, 3.05) is 6.54 Å². The molecular formula is C38H48N2O4Si. The first kappa shape index (κ1) is 32.5. The summed E-state index contributed by atoms with van der Waals surface area (Å²) in [5.41, 5.74) is 0.621. The highest BCUT2D eigenvalue weighted by molar-refractivity contribution is 7.00. The number of ether oxygens (including phenoxy) is 1. The zero-order chi connectivity index (χ0) is 32.5. The topological polar surface area (TPSA) is 67.9 Å². The molecule has 5 rings (SSSR count). The van der Waals surface area contributed by atoms with Gasteiger partial charge in [0.05, 0.1) is 6.04 Å². The van der Waals surface area contributed by atoms with Crippen molar-refractivity contribution in [3.8, 4) is 5.75 Å². The minimum absolute atomic E-state index is 0.151. The van der Waals surface area contributed by atoms with E-state index in [0.717, 1.165) is 30.6 Å². The van der Waals surface area contributed by atoms with Crippen molar-refractivity contribution in [2.45, 2.75) is 95.9 Å². The second-order valence-corrected chi connectivity index (χ2v) is 18.7. The van der Waals surface area contributed by atoms with Crippen molar-refractivity contribution < 1.29 is 18.8 Å². The summed E-state index contributed by atoms with van der Waals surface area (Å²) < 4.78 is 13.0. The number of rotatable bonds is 8. The number of likely N-dealkylation sites (tertiary alicyclic amines) is 1. The maximum atomic E-state index is 14.2. The van der Waals surface area contributed by atoms with Gasteiger partial charge in [-0.15, -0.1) is 6.58 Å². The minimum atomic E-state index is -2.82. The van der Waals surface area contributed by atoms with Crippen LogP contribution < -0.4 is 20.1 Å². The van der Waals surface area contributed by atoms with Crippen LogP contribution in [0.2, 0.25) is 5.04 Å². The Morgan fingerprint density at radius 3 is 2.16 bits per heavy atom. The highest BCUT2D eigenvalue weighted by Gasteiger charge is 2.53. The second-order valence-electron chi connectivity index (χ2n) is 14.5. The van der Waals surface area contributed by atoms with Gasteiger partial charge in [-0.05, 0) is 91.5 Å². The number of carbonyl (C=O) groups excluding carboxylic acids is 2. The smallest absolute Gasteiger partial charge is 0.411 e. The molecule has 0 radical (unpaired) electrons. The molecule has 1 aliphatic carbocycles. The van der Waals surface area contributed by atoms with Crippen molar-refractivity contribution in [3.63, 3.8) is 0 Å². The molecule has 45 heavy (non-hydrogen) atoms. The van der Waals surface area contributed by atoms with Crippen LogP contribution in [0.15, 0.2) is 91.5 Å². The molecule has 238 valence electrons. The highest BCUT2D eigenvalue weighted by atomic mass is 28.4. The third-order valence-corrected chi connectivity index (χ3v) is 14.1. The maximum absolute atomic E-state index is 14.2. The number of fused-ring (bicyclic) bond motifs is 1. The van der Waals surface area contributed by atoms with Crippen molar-refractivity contribution in [3.05, 3.63) is 103 Å². The predicted molar refractivity (Wildman–Crippen MR) is 184 cm³/mol. The molecule has 0 spiro atoms. The van der Waals surface area contributed by atoms with Crippen LogP contribution in [0.5, 0.6) is 5.75 Å². The molecule has 1 N–H and O–H groups in total. The van der Waals surface area contributed by atoms with E-state index in [9.17, 15) is 9.59 Å². The Bertz CT molecular complexity index is 1490. The first-order valence-corrected chi connectivity index (χ1v) is 18.1. The van der Waals surface area contributed by atoms with E-state index in [1.165, 1.54) is 15.9 Å². The van der Waals surface area contributed by atoms with E-state index in [4.69, 9.17) is 9.16 Å². The molecule has 3 aromatic carbocycles. The molecule has 0 bridgehead atoms. The Labute approximate surface area is 270 Å². The molecule has 1 aliphatic heterocycles. The van der Waals surface area contributed by atoms with E-state index < -0.39 is 25.6 Å². The van der Waals surface area contributed by atoms with Gasteiger partial charge >= 0.3 is 14.4 Å². The van der Waals surface area contributed by atoms with Gasteiger partial charge in [0.15, 0.2) is 0 Å². The van der Waals surface area contributed by atoms with E-state index in [2.05, 4.69) is 99.4 Å². The highest BCUT2D eigenvalue weighted by Crippen LogP contribution is 2.41. The maximum Gasteiger partial charge on any atom is 0.411 e. The fourth-order valence-corrected chi connectivity index (χ4v) is 11.6. The van der Waals surface area contributed by atoms with Gasteiger partial charge in [0.25, 0.3) is 0 Å². The molecule has 1 saturated heterocycles. The number of amides is 2. The summed E-state index contributed by atoms with van der Waals surface area (Å²) in [5, 5.41) is 5.60. The Hall–Kier alpha value is -3.84. The van der Waals surface area contributed by atoms with Gasteiger partial charge in [-0.3, -0.25) is 9.69 Å². The number of nitrogens with zero attached hydrogens (tertiary/aromatic N) is 1. The molecule has 7 heteroatoms. The van der Waals surface area contributed by atoms with Gasteiger partial charge in [0, 0.05) is 6.54 Å². The van der Waals surface area contributed by atoms with E-state index >= 15 is 0 Å². The summed E-state index contributed by atoms with van der Waals surface area (Å²) >= 11 is 0. The van der Waals surface area contributed by atoms with Gasteiger partial charge < -0.3 is 14.5 Å². The van der Waals surface area contributed by atoms with Crippen LogP contribution in [0.25, 0.3) is 0 Å². The monoisotopic (exact) mass is 624 g/mol. The molecule has 0 saturated carbocycles. The standard InChI is InChI=1S/C38H48N2O4Si/c1-8-24-38(25-15-26-40(38)35(42)43-36(2,3)4)34(41)39-33-23-21-28-20-22-29(27-32(28)33)44-45(37(5,6)7,30-16-11-9-12-17-30)31-18-13-10-14-19-31/h8-14,16-20,22,27,33H,1,15,21,23-26H2,2-7H3,(H,39,41)/t33?,38-/m0/s1. The summed E-state index contributed by atoms with van der Waals surface area (Å²) in [6.07, 6.45) is 4.61. The van der Waals surface area contributed by atoms with E-state index in [0.29, 0.717) is 19.4 Å². The molecule has 1 heterocycles. The second kappa shape index (κ2) is 12.5. The summed E-state index contributed by atoms with van der Waals surface area (Å²) in [5.74, 6) is 0.656. The zero-order valence-corrected chi connectivity index (χ0v) is 28.7. The van der Waals surface area contributed by atoms with Crippen molar-refractivity contribution in [2.24, 2.45) is 0 Å². The Balaban J connectivity index is 1.48. The van der Waals surface area contributed by atoms with Crippen LogP contribution in [0.3, 0.4) is 0 Å². The SMILES string of the molecule is C=CC[C@@]1(C(=O)NC2CCc3ccc(O[Si](c4ccccc4)(c4ccccc4)C(C)(C)C)cc32)CCCN1C(=O)OC(C)(C)C. The predicted octanol–water partition coefficient (Wildman–Crippen LogP) is 7.07. The number of hydrogen-bond acceptors (Lipinski definition) is 4. The van der Waals surface area contributed by atoms with Crippen LogP contribution in [-0.4, -0.2) is 42.9 Å². The van der Waals surface area contributed by atoms with Crippen molar-refractivity contribution in [1.82, 2.24) is 10.2 Å². The zero-order valence-electron chi connectivity index (χ0n) is 27.7. The fourth-order valence-electron chi connectivity index (χ4n) is 7.15. The Morgan fingerprint density at radius 1 is 0.978 bits per heavy atom. The molecular weight excluding hydrogens is 577 g/mol. The largest absolute Gasteiger partial charge is 0.534 e. The molecule has 2 atom stereocenters. The third kappa shape index (κ3) is 6.32. The number of aryl methyl sites for hydroxylation is 1. The quantitative estimate of drug-likeness (QED) is 0.215. The number of carbonyl (C=O) groups is 2. The van der Waals surface area contributed by atoms with Crippen LogP contribution in [0.4, 0.5) is 4.79 Å². The molecule has 6 nitrogen and oxygen atoms in total. The lowest BCUT2D eigenvalue weighted by Crippen LogP contribution is -2.68. The summed E-state index contributed by atoms with van der Waals surface area (Å²) in [6.45, 7) is 16.8. The van der Waals surface area contributed by atoms with Gasteiger partial charge in [-0.25, -0.2) is 4.79 Å². The number of hydrogen-bond donors (Lipinski definition) is 1. The van der Waals surface area contributed by atoms with Crippen LogP contribution >= 0.6 is 0 Å². The summed E-state index contributed by atoms with van der Waals surface area (Å²) in [6, 6.07) is 27.4. The number of benzene rings is 3.